The molecule has 2 rings (SSSR count). The minimum Gasteiger partial charge on any atom is -0.493 e. The summed E-state index contributed by atoms with van der Waals surface area (Å²) in [6.45, 7) is 6.20. The summed E-state index contributed by atoms with van der Waals surface area (Å²) in [4.78, 5) is 39.0. The first kappa shape index (κ1) is 28.2. The minimum atomic E-state index is -0.848. The number of ether oxygens (including phenoxy) is 5. The Hall–Kier alpha value is -3.01. The van der Waals surface area contributed by atoms with Crippen molar-refractivity contribution in [1.29, 1.82) is 0 Å². The molecule has 1 aromatic carbocycles. The summed E-state index contributed by atoms with van der Waals surface area (Å²) in [5.41, 5.74) is 6.36. The molecule has 0 spiro atoms. The van der Waals surface area contributed by atoms with Crippen LogP contribution in [-0.2, 0) is 30.3 Å². The Bertz CT molecular complexity index is 863. The van der Waals surface area contributed by atoms with Gasteiger partial charge in [-0.05, 0) is 43.4 Å². The molecule has 35 heavy (non-hydrogen) atoms. The summed E-state index contributed by atoms with van der Waals surface area (Å²) in [6.07, 6.45) is 0.292. The number of aryl methyl sites for hydroxylation is 1. The van der Waals surface area contributed by atoms with E-state index in [2.05, 4.69) is 0 Å². The van der Waals surface area contributed by atoms with Gasteiger partial charge in [0.1, 0.15) is 6.04 Å². The lowest BCUT2D eigenvalue weighted by Crippen LogP contribution is -2.50. The number of benzene rings is 1. The van der Waals surface area contributed by atoms with Gasteiger partial charge in [-0.25, -0.2) is 0 Å². The van der Waals surface area contributed by atoms with E-state index in [1.807, 2.05) is 26.0 Å². The molecule has 1 saturated heterocycles. The molecule has 3 atom stereocenters. The summed E-state index contributed by atoms with van der Waals surface area (Å²) in [6, 6.07) is 3.15. The van der Waals surface area contributed by atoms with Crippen molar-refractivity contribution in [2.45, 2.75) is 58.8 Å². The van der Waals surface area contributed by atoms with E-state index < -0.39 is 30.1 Å². The number of methoxy groups -OCH3 is 3. The molecule has 0 bridgehead atoms. The van der Waals surface area contributed by atoms with Crippen LogP contribution in [0.1, 0.15) is 45.6 Å². The molecule has 0 saturated carbocycles. The highest BCUT2D eigenvalue weighted by atomic mass is 16.7. The van der Waals surface area contributed by atoms with Gasteiger partial charge >= 0.3 is 5.97 Å². The topological polar surface area (TPSA) is 127 Å². The molecular weight excluding hydrogens is 456 g/mol. The lowest BCUT2D eigenvalue weighted by atomic mass is 9.90. The van der Waals surface area contributed by atoms with Gasteiger partial charge in [-0.3, -0.25) is 14.4 Å². The molecule has 0 aliphatic carbocycles. The fourth-order valence-electron chi connectivity index (χ4n) is 4.30. The molecule has 3 unspecified atom stereocenters. The van der Waals surface area contributed by atoms with Gasteiger partial charge in [-0.1, -0.05) is 13.8 Å². The molecule has 0 aromatic heterocycles. The zero-order valence-electron chi connectivity index (χ0n) is 21.5. The average Bonchev–Trinajstić information content (AvgIpc) is 3.18. The SMILES string of the molecule is CCOC1OC(=O)CC1N(CCCc1cc(OC)c(OC)c(OC)c1)C(=O)C(CC(N)=O)C(C)C. The second-order valence-electron chi connectivity index (χ2n) is 8.77. The number of hydrogen-bond acceptors (Lipinski definition) is 8. The fourth-order valence-corrected chi connectivity index (χ4v) is 4.30. The van der Waals surface area contributed by atoms with E-state index >= 15 is 0 Å². The fraction of sp³-hybridized carbons (Fsp3) is 0.640. The predicted molar refractivity (Wildman–Crippen MR) is 128 cm³/mol. The number of rotatable bonds is 14. The van der Waals surface area contributed by atoms with Crippen LogP contribution in [0.5, 0.6) is 17.2 Å². The van der Waals surface area contributed by atoms with Gasteiger partial charge in [0.2, 0.25) is 23.9 Å². The molecule has 1 heterocycles. The number of nitrogens with two attached hydrogens (primary N) is 1. The van der Waals surface area contributed by atoms with Crippen molar-refractivity contribution in [3.8, 4) is 17.2 Å². The van der Waals surface area contributed by atoms with Crippen LogP contribution in [0.3, 0.4) is 0 Å². The molecule has 2 amide bonds. The van der Waals surface area contributed by atoms with Gasteiger partial charge < -0.3 is 34.3 Å². The van der Waals surface area contributed by atoms with Crippen LogP contribution in [0.2, 0.25) is 0 Å². The van der Waals surface area contributed by atoms with Gasteiger partial charge in [0.05, 0.1) is 27.8 Å². The van der Waals surface area contributed by atoms with E-state index in [0.29, 0.717) is 43.2 Å². The number of amides is 2. The molecule has 1 aliphatic heterocycles. The summed E-state index contributed by atoms with van der Waals surface area (Å²) in [7, 11) is 4.65. The normalized spacial score (nSPS) is 18.2. The van der Waals surface area contributed by atoms with E-state index in [-0.39, 0.29) is 24.7 Å². The van der Waals surface area contributed by atoms with E-state index in [9.17, 15) is 14.4 Å². The minimum absolute atomic E-state index is 0.0297. The summed E-state index contributed by atoms with van der Waals surface area (Å²) >= 11 is 0. The monoisotopic (exact) mass is 494 g/mol. The molecule has 196 valence electrons. The third-order valence-corrected chi connectivity index (χ3v) is 6.08. The number of esters is 1. The summed E-state index contributed by atoms with van der Waals surface area (Å²) < 4.78 is 27.2. The lowest BCUT2D eigenvalue weighted by Gasteiger charge is -2.34. The van der Waals surface area contributed by atoms with Crippen molar-refractivity contribution >= 4 is 17.8 Å². The smallest absolute Gasteiger partial charge is 0.310 e. The Labute approximate surface area is 207 Å². The second-order valence-corrected chi connectivity index (χ2v) is 8.77. The third-order valence-electron chi connectivity index (χ3n) is 6.08. The van der Waals surface area contributed by atoms with Crippen molar-refractivity contribution in [2.75, 3.05) is 34.5 Å². The Balaban J connectivity index is 2.28. The predicted octanol–water partition coefficient (Wildman–Crippen LogP) is 2.30. The summed E-state index contributed by atoms with van der Waals surface area (Å²) in [5, 5.41) is 0. The van der Waals surface area contributed by atoms with Crippen LogP contribution in [0, 0.1) is 11.8 Å². The van der Waals surface area contributed by atoms with E-state index in [4.69, 9.17) is 29.4 Å². The Morgan fingerprint density at radius 2 is 1.77 bits per heavy atom. The number of carbonyl (C=O) groups is 3. The van der Waals surface area contributed by atoms with Crippen LogP contribution in [-0.4, -0.2) is 69.5 Å². The van der Waals surface area contributed by atoms with Crippen LogP contribution in [0.4, 0.5) is 0 Å². The second kappa shape index (κ2) is 13.2. The molecule has 10 heteroatoms. The molecule has 1 aliphatic rings. The maximum Gasteiger partial charge on any atom is 0.310 e. The van der Waals surface area contributed by atoms with E-state index in [0.717, 1.165) is 5.56 Å². The van der Waals surface area contributed by atoms with Crippen molar-refractivity contribution in [2.24, 2.45) is 17.6 Å². The highest BCUT2D eigenvalue weighted by molar-refractivity contribution is 5.86. The van der Waals surface area contributed by atoms with Crippen LogP contribution >= 0.6 is 0 Å². The summed E-state index contributed by atoms with van der Waals surface area (Å²) in [5.74, 6) is -0.339. The maximum absolute atomic E-state index is 13.6. The van der Waals surface area contributed by atoms with Crippen molar-refractivity contribution in [1.82, 2.24) is 4.90 Å². The average molecular weight is 495 g/mol. The Morgan fingerprint density at radius 1 is 1.14 bits per heavy atom. The number of primary amides is 1. The van der Waals surface area contributed by atoms with Gasteiger partial charge in [-0.2, -0.15) is 0 Å². The highest BCUT2D eigenvalue weighted by Crippen LogP contribution is 2.38. The van der Waals surface area contributed by atoms with Crippen LogP contribution < -0.4 is 19.9 Å². The molecule has 1 aromatic rings. The first-order valence-electron chi connectivity index (χ1n) is 11.8. The van der Waals surface area contributed by atoms with Gasteiger partial charge in [0, 0.05) is 25.5 Å². The molecule has 1 fully saturated rings. The zero-order chi connectivity index (χ0) is 26.1. The van der Waals surface area contributed by atoms with E-state index in [1.165, 1.54) is 0 Å². The van der Waals surface area contributed by atoms with Gasteiger partial charge in [0.25, 0.3) is 0 Å². The number of hydrogen-bond donors (Lipinski definition) is 1. The van der Waals surface area contributed by atoms with Crippen LogP contribution in [0.25, 0.3) is 0 Å². The molecular formula is C25H38N2O8. The van der Waals surface area contributed by atoms with Crippen LogP contribution in [0.15, 0.2) is 12.1 Å². The first-order chi connectivity index (χ1) is 16.7. The van der Waals surface area contributed by atoms with Gasteiger partial charge in [0.15, 0.2) is 11.5 Å². The molecule has 2 N–H and O–H groups in total. The first-order valence-corrected chi connectivity index (χ1v) is 11.8. The molecule has 10 nitrogen and oxygen atoms in total. The standard InChI is InChI=1S/C25H38N2O8/c1-7-34-25-18(14-22(29)35-25)27(24(30)17(15(2)3)13-21(26)28)10-8-9-16-11-19(31-4)23(33-6)20(12-16)32-5/h11-12,15,17-18,25H,7-10,13-14H2,1-6H3,(H2,26,28). The Kier molecular flexibility index (Phi) is 10.6. The third kappa shape index (κ3) is 7.24. The maximum atomic E-state index is 13.6. The number of cyclic esters (lactones) is 1. The van der Waals surface area contributed by atoms with Gasteiger partial charge in [-0.15, -0.1) is 0 Å². The zero-order valence-corrected chi connectivity index (χ0v) is 21.5. The van der Waals surface area contributed by atoms with Crippen molar-refractivity contribution < 1.29 is 38.1 Å². The number of carbonyl (C=O) groups excluding carboxylic acids is 3. The highest BCUT2D eigenvalue weighted by Gasteiger charge is 2.43. The van der Waals surface area contributed by atoms with E-state index in [1.54, 1.807) is 33.2 Å². The molecule has 0 radical (unpaired) electrons. The Morgan fingerprint density at radius 3 is 2.26 bits per heavy atom. The van der Waals surface area contributed by atoms with Crippen molar-refractivity contribution in [3.63, 3.8) is 0 Å². The quantitative estimate of drug-likeness (QED) is 0.391. The van der Waals surface area contributed by atoms with Crippen molar-refractivity contribution in [3.05, 3.63) is 17.7 Å². The number of nitrogens with zero attached hydrogens (tertiary/aromatic N) is 1. The largest absolute Gasteiger partial charge is 0.493 e. The lowest BCUT2D eigenvalue weighted by molar-refractivity contribution is -0.172.